The average molecular weight is 632 g/mol. The highest BCUT2D eigenvalue weighted by Gasteiger charge is 2.52. The Morgan fingerprint density at radius 3 is 2.68 bits per heavy atom. The molecule has 0 N–H and O–H groups in total. The maximum atomic E-state index is 13.6. The Bertz CT molecular complexity index is 1430. The van der Waals surface area contributed by atoms with Gasteiger partial charge in [-0.1, -0.05) is 30.3 Å². The largest absolute Gasteiger partial charge is 0.461 e. The summed E-state index contributed by atoms with van der Waals surface area (Å²) in [6.45, 7) is 13.6. The molecular weight excluding hydrogens is 595 g/mol. The van der Waals surface area contributed by atoms with Crippen molar-refractivity contribution in [3.8, 4) is 6.01 Å². The molecule has 0 bridgehead atoms. The van der Waals surface area contributed by atoms with Crippen LogP contribution in [0.2, 0.25) is 5.02 Å². The van der Waals surface area contributed by atoms with Crippen molar-refractivity contribution in [1.29, 1.82) is 0 Å². The maximum absolute atomic E-state index is 13.6. The lowest BCUT2D eigenvalue weighted by Gasteiger charge is -2.41. The van der Waals surface area contributed by atoms with Crippen molar-refractivity contribution in [3.63, 3.8) is 0 Å². The minimum absolute atomic E-state index is 0.0149. The molecule has 1 aromatic carbocycles. The molecule has 2 aliphatic heterocycles. The third-order valence-electron chi connectivity index (χ3n) is 9.22. The number of anilines is 2. The molecule has 0 spiro atoms. The van der Waals surface area contributed by atoms with Gasteiger partial charge in [-0.25, -0.2) is 6.57 Å². The van der Waals surface area contributed by atoms with Gasteiger partial charge in [-0.2, -0.15) is 23.1 Å². The lowest BCUT2D eigenvalue weighted by molar-refractivity contribution is -0.175. The van der Waals surface area contributed by atoms with Crippen molar-refractivity contribution in [3.05, 3.63) is 64.6 Å². The molecule has 1 amide bonds. The lowest BCUT2D eigenvalue weighted by atomic mass is 9.95. The van der Waals surface area contributed by atoms with Crippen LogP contribution in [0, 0.1) is 12.5 Å². The molecule has 44 heavy (non-hydrogen) atoms. The highest BCUT2D eigenvalue weighted by Crippen LogP contribution is 2.46. The Kier molecular flexibility index (Phi) is 9.28. The SMILES string of the molecule is [C-]#[N+]C[C@H]1CN(c2nc(OCC3(N(C)C)CCC(C(F)(F)F)C3)nc3c2CCN(c2ccccc2Cl)C3)CCN1C(=O)C=C. The van der Waals surface area contributed by atoms with Crippen LogP contribution < -0.4 is 14.5 Å². The van der Waals surface area contributed by atoms with Gasteiger partial charge in [0, 0.05) is 31.7 Å². The number of fused-ring (bicyclic) bond motifs is 1. The molecule has 5 rings (SSSR count). The molecule has 2 aromatic rings. The predicted octanol–water partition coefficient (Wildman–Crippen LogP) is 4.86. The second-order valence-electron chi connectivity index (χ2n) is 11.9. The highest BCUT2D eigenvalue weighted by atomic mass is 35.5. The van der Waals surface area contributed by atoms with Crippen molar-refractivity contribution < 1.29 is 22.7 Å². The molecule has 1 saturated heterocycles. The zero-order valence-electron chi connectivity index (χ0n) is 25.0. The number of halogens is 4. The first kappa shape index (κ1) is 31.9. The number of likely N-dealkylation sites (N-methyl/N-ethyl adjacent to an activating group) is 1. The van der Waals surface area contributed by atoms with Crippen LogP contribution in [0.4, 0.5) is 24.7 Å². The summed E-state index contributed by atoms with van der Waals surface area (Å²) in [5, 5.41) is 0.625. The van der Waals surface area contributed by atoms with Gasteiger partial charge in [0.05, 0.1) is 34.4 Å². The molecule has 13 heteroatoms. The number of aromatic nitrogens is 2. The van der Waals surface area contributed by atoms with Gasteiger partial charge in [0.1, 0.15) is 18.5 Å². The number of rotatable bonds is 8. The third kappa shape index (κ3) is 6.44. The summed E-state index contributed by atoms with van der Waals surface area (Å²) in [6.07, 6.45) is -2.03. The smallest absolute Gasteiger partial charge is 0.391 e. The van der Waals surface area contributed by atoms with Gasteiger partial charge in [-0.05, 0) is 58.0 Å². The number of para-hydroxylation sites is 1. The van der Waals surface area contributed by atoms with Gasteiger partial charge in [0.2, 0.25) is 12.5 Å². The van der Waals surface area contributed by atoms with Crippen molar-refractivity contribution in [1.82, 2.24) is 19.8 Å². The molecule has 236 valence electrons. The summed E-state index contributed by atoms with van der Waals surface area (Å²) in [4.78, 5) is 33.4. The minimum Gasteiger partial charge on any atom is -0.461 e. The first-order valence-electron chi connectivity index (χ1n) is 14.7. The molecule has 2 unspecified atom stereocenters. The Balaban J connectivity index is 1.47. The van der Waals surface area contributed by atoms with Crippen LogP contribution in [0.15, 0.2) is 36.9 Å². The quantitative estimate of drug-likeness (QED) is 0.305. The minimum atomic E-state index is -4.26. The number of ether oxygens (including phenoxy) is 1. The summed E-state index contributed by atoms with van der Waals surface area (Å²) in [5.41, 5.74) is 1.78. The summed E-state index contributed by atoms with van der Waals surface area (Å²) < 4.78 is 47.1. The number of piperazine rings is 1. The van der Waals surface area contributed by atoms with Crippen LogP contribution >= 0.6 is 11.6 Å². The van der Waals surface area contributed by atoms with E-state index in [0.29, 0.717) is 56.4 Å². The van der Waals surface area contributed by atoms with Gasteiger partial charge in [-0.15, -0.1) is 0 Å². The molecule has 1 aliphatic carbocycles. The van der Waals surface area contributed by atoms with Crippen LogP contribution in [0.1, 0.15) is 30.5 Å². The predicted molar refractivity (Wildman–Crippen MR) is 163 cm³/mol. The molecule has 1 aromatic heterocycles. The molecule has 3 atom stereocenters. The van der Waals surface area contributed by atoms with Crippen LogP contribution in [-0.2, 0) is 17.8 Å². The maximum Gasteiger partial charge on any atom is 0.391 e. The Morgan fingerprint density at radius 2 is 2.02 bits per heavy atom. The summed E-state index contributed by atoms with van der Waals surface area (Å²) in [6, 6.07) is 7.34. The first-order chi connectivity index (χ1) is 21.0. The van der Waals surface area contributed by atoms with Gasteiger partial charge in [0.25, 0.3) is 0 Å². The van der Waals surface area contributed by atoms with Gasteiger partial charge in [-0.3, -0.25) is 4.79 Å². The Hall–Kier alpha value is -3.56. The zero-order valence-corrected chi connectivity index (χ0v) is 25.7. The van der Waals surface area contributed by atoms with E-state index < -0.39 is 17.6 Å². The fraction of sp³-hybridized carbons (Fsp3) is 0.548. The molecule has 9 nitrogen and oxygen atoms in total. The number of alkyl halides is 3. The van der Waals surface area contributed by atoms with Crippen molar-refractivity contribution >= 4 is 29.0 Å². The van der Waals surface area contributed by atoms with E-state index in [9.17, 15) is 18.0 Å². The van der Waals surface area contributed by atoms with E-state index in [1.807, 2.05) is 29.2 Å². The van der Waals surface area contributed by atoms with E-state index in [4.69, 9.17) is 32.9 Å². The Morgan fingerprint density at radius 1 is 1.25 bits per heavy atom. The number of nitrogens with zero attached hydrogens (tertiary/aromatic N) is 7. The molecule has 3 aliphatic rings. The second-order valence-corrected chi connectivity index (χ2v) is 12.4. The van der Waals surface area contributed by atoms with Gasteiger partial charge in [0.15, 0.2) is 0 Å². The van der Waals surface area contributed by atoms with E-state index in [0.717, 1.165) is 16.9 Å². The van der Waals surface area contributed by atoms with E-state index in [2.05, 4.69) is 21.2 Å². The lowest BCUT2D eigenvalue weighted by Crippen LogP contribution is -2.56. The van der Waals surface area contributed by atoms with Crippen molar-refractivity contribution in [2.75, 3.05) is 63.2 Å². The van der Waals surface area contributed by atoms with Gasteiger partial charge < -0.3 is 29.2 Å². The number of amides is 1. The van der Waals surface area contributed by atoms with E-state index in [1.54, 1.807) is 19.0 Å². The highest BCUT2D eigenvalue weighted by molar-refractivity contribution is 6.33. The molecular formula is C31H37ClF3N7O2. The standard InChI is InChI=1S/C31H37ClF3N7O2/c1-5-27(43)42-15-14-41(18-22(42)17-36-2)28-23-11-13-40(26-9-7-6-8-24(26)32)19-25(23)37-29(38-28)44-20-30(39(3)4)12-10-21(16-30)31(33,34)35/h5-9,21-22H,1,10-20H2,3-4H3/t21?,22-,30?/m0/s1. The van der Waals surface area contributed by atoms with E-state index in [-0.39, 0.29) is 44.0 Å². The molecule has 1 saturated carbocycles. The number of hydrogen-bond donors (Lipinski definition) is 0. The normalized spacial score (nSPS) is 23.8. The molecule has 2 fully saturated rings. The molecule has 0 radical (unpaired) electrons. The van der Waals surface area contributed by atoms with Crippen molar-refractivity contribution in [2.24, 2.45) is 5.92 Å². The fourth-order valence-corrected chi connectivity index (χ4v) is 6.85. The zero-order chi connectivity index (χ0) is 31.6. The van der Waals surface area contributed by atoms with Crippen LogP contribution in [-0.4, -0.2) is 96.9 Å². The molecule has 3 heterocycles. The topological polar surface area (TPSA) is 69.4 Å². The monoisotopic (exact) mass is 631 g/mol. The van der Waals surface area contributed by atoms with Crippen molar-refractivity contribution in [2.45, 2.75) is 50.0 Å². The van der Waals surface area contributed by atoms with Crippen LogP contribution in [0.3, 0.4) is 0 Å². The number of carbonyl (C=O) groups excluding carboxylic acids is 1. The van der Waals surface area contributed by atoms with Crippen LogP contribution in [0.25, 0.3) is 4.85 Å². The van der Waals surface area contributed by atoms with Crippen LogP contribution in [0.5, 0.6) is 6.01 Å². The van der Waals surface area contributed by atoms with E-state index in [1.165, 1.54) is 6.08 Å². The summed E-state index contributed by atoms with van der Waals surface area (Å²) >= 11 is 6.52. The average Bonchev–Trinajstić information content (AvgIpc) is 3.46. The second kappa shape index (κ2) is 12.8. The first-order valence-corrected chi connectivity index (χ1v) is 15.1. The third-order valence-corrected chi connectivity index (χ3v) is 9.54. The van der Waals surface area contributed by atoms with E-state index >= 15 is 0 Å². The number of hydrogen-bond acceptors (Lipinski definition) is 7. The summed E-state index contributed by atoms with van der Waals surface area (Å²) in [7, 11) is 3.56. The number of carbonyl (C=O) groups is 1. The Labute approximate surface area is 261 Å². The fourth-order valence-electron chi connectivity index (χ4n) is 6.60. The summed E-state index contributed by atoms with van der Waals surface area (Å²) in [5.74, 6) is -0.931. The van der Waals surface area contributed by atoms with Gasteiger partial charge >= 0.3 is 12.2 Å². The number of benzene rings is 1.